The van der Waals surface area contributed by atoms with Gasteiger partial charge < -0.3 is 4.90 Å². The topological polar surface area (TPSA) is 68.1 Å². The molecule has 2 aromatic heterocycles. The van der Waals surface area contributed by atoms with Crippen LogP contribution in [0.25, 0.3) is 0 Å². The molecule has 0 bridgehead atoms. The number of pyridine rings is 1. The number of hydrogen-bond donors (Lipinski definition) is 0. The van der Waals surface area contributed by atoms with Crippen LogP contribution in [0.2, 0.25) is 0 Å². The first kappa shape index (κ1) is 17.3. The lowest BCUT2D eigenvalue weighted by molar-refractivity contribution is 0.0687. The van der Waals surface area contributed by atoms with E-state index in [1.165, 1.54) is 0 Å². The zero-order valence-electron chi connectivity index (χ0n) is 15.0. The Morgan fingerprint density at radius 2 is 1.72 bits per heavy atom. The minimum Gasteiger partial charge on any atom is -0.338 e. The Morgan fingerprint density at radius 1 is 1.08 bits per heavy atom. The monoisotopic (exact) mass is 340 g/mol. The lowest BCUT2D eigenvalue weighted by atomic mass is 9.92. The maximum Gasteiger partial charge on any atom is 0.267 e. The SMILES string of the molecule is CC(C)(C)c1ccc(=O)n(C2CCN(C(=O)c3ccncc3)CC2)n1. The minimum absolute atomic E-state index is 0.0181. The lowest BCUT2D eigenvalue weighted by Crippen LogP contribution is -2.41. The van der Waals surface area contributed by atoms with Crippen LogP contribution in [0.5, 0.6) is 0 Å². The van der Waals surface area contributed by atoms with E-state index in [0.29, 0.717) is 18.7 Å². The van der Waals surface area contributed by atoms with Gasteiger partial charge >= 0.3 is 0 Å². The highest BCUT2D eigenvalue weighted by molar-refractivity contribution is 5.94. The molecule has 25 heavy (non-hydrogen) atoms. The summed E-state index contributed by atoms with van der Waals surface area (Å²) in [6.45, 7) is 7.50. The summed E-state index contributed by atoms with van der Waals surface area (Å²) in [5, 5.41) is 4.59. The second kappa shape index (κ2) is 6.78. The average Bonchev–Trinajstić information content (AvgIpc) is 2.61. The first-order valence-electron chi connectivity index (χ1n) is 8.66. The van der Waals surface area contributed by atoms with Gasteiger partial charge in [0.25, 0.3) is 11.5 Å². The smallest absolute Gasteiger partial charge is 0.267 e. The molecule has 1 amide bonds. The third-order valence-electron chi connectivity index (χ3n) is 4.62. The van der Waals surface area contributed by atoms with Crippen LogP contribution in [0, 0.1) is 0 Å². The molecular formula is C19H24N4O2. The second-order valence-electron chi connectivity index (χ2n) is 7.51. The number of carbonyl (C=O) groups excluding carboxylic acids is 1. The third kappa shape index (κ3) is 3.78. The number of nitrogens with zero attached hydrogens (tertiary/aromatic N) is 4. The summed E-state index contributed by atoms with van der Waals surface area (Å²) in [6, 6.07) is 6.90. The predicted molar refractivity (Wildman–Crippen MR) is 95.6 cm³/mol. The summed E-state index contributed by atoms with van der Waals surface area (Å²) in [4.78, 5) is 30.5. The highest BCUT2D eigenvalue weighted by Crippen LogP contribution is 2.24. The quantitative estimate of drug-likeness (QED) is 0.842. The molecule has 0 saturated carbocycles. The van der Waals surface area contributed by atoms with Gasteiger partial charge in [0.15, 0.2) is 0 Å². The minimum atomic E-state index is -0.104. The van der Waals surface area contributed by atoms with Crippen molar-refractivity contribution in [2.24, 2.45) is 0 Å². The van der Waals surface area contributed by atoms with E-state index in [4.69, 9.17) is 0 Å². The van der Waals surface area contributed by atoms with Gasteiger partial charge in [-0.2, -0.15) is 5.10 Å². The van der Waals surface area contributed by atoms with Gasteiger partial charge in [-0.3, -0.25) is 14.6 Å². The first-order chi connectivity index (χ1) is 11.9. The van der Waals surface area contributed by atoms with E-state index in [0.717, 1.165) is 18.5 Å². The fourth-order valence-electron chi connectivity index (χ4n) is 3.08. The number of carbonyl (C=O) groups is 1. The molecule has 6 heteroatoms. The molecule has 1 aliphatic rings. The van der Waals surface area contributed by atoms with Crippen LogP contribution in [0.3, 0.4) is 0 Å². The highest BCUT2D eigenvalue weighted by Gasteiger charge is 2.26. The number of aromatic nitrogens is 3. The van der Waals surface area contributed by atoms with E-state index in [-0.39, 0.29) is 22.9 Å². The number of amides is 1. The van der Waals surface area contributed by atoms with Gasteiger partial charge in [-0.1, -0.05) is 20.8 Å². The van der Waals surface area contributed by atoms with E-state index in [2.05, 4.69) is 30.9 Å². The molecule has 0 N–H and O–H groups in total. The number of piperidine rings is 1. The Morgan fingerprint density at radius 3 is 2.32 bits per heavy atom. The van der Waals surface area contributed by atoms with Crippen molar-refractivity contribution in [2.45, 2.75) is 45.1 Å². The predicted octanol–water partition coefficient (Wildman–Crippen LogP) is 2.41. The van der Waals surface area contributed by atoms with Crippen molar-refractivity contribution in [3.63, 3.8) is 0 Å². The fraction of sp³-hybridized carbons (Fsp3) is 0.474. The van der Waals surface area contributed by atoms with Crippen molar-refractivity contribution in [3.05, 3.63) is 58.3 Å². The van der Waals surface area contributed by atoms with Gasteiger partial charge in [-0.25, -0.2) is 4.68 Å². The molecule has 0 atom stereocenters. The Bertz CT molecular complexity index is 800. The van der Waals surface area contributed by atoms with Gasteiger partial charge in [-0.15, -0.1) is 0 Å². The standard InChI is InChI=1S/C19H24N4O2/c1-19(2,3)16-4-5-17(24)23(21-16)15-8-12-22(13-9-15)18(25)14-6-10-20-11-7-14/h4-7,10-11,15H,8-9,12-13H2,1-3H3. The van der Waals surface area contributed by atoms with Crippen molar-refractivity contribution < 1.29 is 4.79 Å². The molecule has 1 aliphatic heterocycles. The summed E-state index contributed by atoms with van der Waals surface area (Å²) in [7, 11) is 0. The van der Waals surface area contributed by atoms with Crippen LogP contribution >= 0.6 is 0 Å². The maximum absolute atomic E-state index is 12.5. The second-order valence-corrected chi connectivity index (χ2v) is 7.51. The van der Waals surface area contributed by atoms with Crippen molar-refractivity contribution in [1.82, 2.24) is 19.7 Å². The molecule has 3 heterocycles. The molecule has 6 nitrogen and oxygen atoms in total. The van der Waals surface area contributed by atoms with Gasteiger partial charge in [0, 0.05) is 42.5 Å². The van der Waals surface area contributed by atoms with E-state index < -0.39 is 0 Å². The molecule has 0 aliphatic carbocycles. The Kier molecular flexibility index (Phi) is 4.70. The van der Waals surface area contributed by atoms with Crippen molar-refractivity contribution in [2.75, 3.05) is 13.1 Å². The Hall–Kier alpha value is -2.50. The van der Waals surface area contributed by atoms with E-state index >= 15 is 0 Å². The normalized spacial score (nSPS) is 16.0. The summed E-state index contributed by atoms with van der Waals surface area (Å²) >= 11 is 0. The average molecular weight is 340 g/mol. The fourth-order valence-corrected chi connectivity index (χ4v) is 3.08. The molecule has 3 rings (SSSR count). The lowest BCUT2D eigenvalue weighted by Gasteiger charge is -2.32. The van der Waals surface area contributed by atoms with Crippen LogP contribution in [0.4, 0.5) is 0 Å². The summed E-state index contributed by atoms with van der Waals surface area (Å²) < 4.78 is 1.61. The molecule has 1 saturated heterocycles. The molecule has 0 unspecified atom stereocenters. The first-order valence-corrected chi connectivity index (χ1v) is 8.66. The van der Waals surface area contributed by atoms with Crippen LogP contribution in [0.15, 0.2) is 41.5 Å². The highest BCUT2D eigenvalue weighted by atomic mass is 16.2. The molecule has 0 aromatic carbocycles. The summed E-state index contributed by atoms with van der Waals surface area (Å²) in [6.07, 6.45) is 4.72. The number of rotatable bonds is 2. The van der Waals surface area contributed by atoms with Crippen LogP contribution in [0.1, 0.15) is 55.7 Å². The molecule has 132 valence electrons. The Labute approximate surface area is 147 Å². The zero-order valence-corrected chi connectivity index (χ0v) is 15.0. The van der Waals surface area contributed by atoms with Gasteiger partial charge in [0.05, 0.1) is 11.7 Å². The number of likely N-dealkylation sites (tertiary alicyclic amines) is 1. The largest absolute Gasteiger partial charge is 0.338 e. The molecular weight excluding hydrogens is 316 g/mol. The van der Waals surface area contributed by atoms with Gasteiger partial charge in [-0.05, 0) is 31.0 Å². The summed E-state index contributed by atoms with van der Waals surface area (Å²) in [5.41, 5.74) is 1.38. The third-order valence-corrected chi connectivity index (χ3v) is 4.62. The zero-order chi connectivity index (χ0) is 18.0. The van der Waals surface area contributed by atoms with Gasteiger partial charge in [0.1, 0.15) is 0 Å². The van der Waals surface area contributed by atoms with Gasteiger partial charge in [0.2, 0.25) is 0 Å². The van der Waals surface area contributed by atoms with E-state index in [1.807, 2.05) is 4.90 Å². The van der Waals surface area contributed by atoms with Crippen molar-refractivity contribution in [1.29, 1.82) is 0 Å². The van der Waals surface area contributed by atoms with E-state index in [1.54, 1.807) is 41.3 Å². The molecule has 1 fully saturated rings. The van der Waals surface area contributed by atoms with Crippen LogP contribution < -0.4 is 5.56 Å². The Balaban J connectivity index is 1.73. The molecule has 0 spiro atoms. The number of hydrogen-bond acceptors (Lipinski definition) is 4. The molecule has 0 radical (unpaired) electrons. The van der Waals surface area contributed by atoms with Crippen LogP contribution in [-0.4, -0.2) is 38.7 Å². The summed E-state index contributed by atoms with van der Waals surface area (Å²) in [5.74, 6) is 0.0181. The van der Waals surface area contributed by atoms with Crippen LogP contribution in [-0.2, 0) is 5.41 Å². The maximum atomic E-state index is 12.5. The van der Waals surface area contributed by atoms with E-state index in [9.17, 15) is 9.59 Å². The van der Waals surface area contributed by atoms with Crippen molar-refractivity contribution in [3.8, 4) is 0 Å². The van der Waals surface area contributed by atoms with Crippen molar-refractivity contribution >= 4 is 5.91 Å². The molecule has 2 aromatic rings.